The third kappa shape index (κ3) is 29.6. The largest absolute Gasteiger partial charge is 0.462 e. The number of aliphatic hydroxyl groups is 7. The molecule has 70 heavy (non-hydrogen) atoms. The molecule has 410 valence electrons. The Morgan fingerprint density at radius 3 is 1.27 bits per heavy atom. The molecule has 0 amide bonds. The zero-order valence-corrected chi connectivity index (χ0v) is 43.5. The number of rotatable bonds is 44. The molecule has 0 aromatic rings. The Kier molecular flexibility index (Phi) is 38.8. The summed E-state index contributed by atoms with van der Waals surface area (Å²) in [6.45, 7) is 2.59. The SMILES string of the molecule is CCCCCCCC/C=C/CCCCCCCCCCCC(=O)O[C@H](COC(=O)CCCCC/C=C/CCCCCCCCCC)CO[C@H]1O[C@@H](CO[C@H]2O[C@@H](CO)[C@@H](O)C(O)C2O)[C@@H](O)C(O)C1O. The van der Waals surface area contributed by atoms with Crippen LogP contribution < -0.4 is 0 Å². The van der Waals surface area contributed by atoms with Gasteiger partial charge in [-0.25, -0.2) is 0 Å². The van der Waals surface area contributed by atoms with Crippen LogP contribution in [0.2, 0.25) is 0 Å². The van der Waals surface area contributed by atoms with Gasteiger partial charge in [-0.2, -0.15) is 0 Å². The molecule has 0 aromatic carbocycles. The van der Waals surface area contributed by atoms with Crippen molar-refractivity contribution in [3.05, 3.63) is 24.3 Å². The fourth-order valence-corrected chi connectivity index (χ4v) is 8.80. The highest BCUT2D eigenvalue weighted by Crippen LogP contribution is 2.27. The lowest BCUT2D eigenvalue weighted by Gasteiger charge is -2.42. The average Bonchev–Trinajstić information content (AvgIpc) is 3.35. The maximum absolute atomic E-state index is 13.0. The highest BCUT2D eigenvalue weighted by Gasteiger charge is 2.47. The summed E-state index contributed by atoms with van der Waals surface area (Å²) in [5.74, 6) is -0.938. The summed E-state index contributed by atoms with van der Waals surface area (Å²) >= 11 is 0. The Labute approximate surface area is 422 Å². The summed E-state index contributed by atoms with van der Waals surface area (Å²) in [5, 5.41) is 72.2. The second-order valence-electron chi connectivity index (χ2n) is 19.8. The van der Waals surface area contributed by atoms with Crippen molar-refractivity contribution in [2.24, 2.45) is 0 Å². The Bertz CT molecular complexity index is 1310. The zero-order chi connectivity index (χ0) is 51.0. The van der Waals surface area contributed by atoms with Gasteiger partial charge < -0.3 is 64.2 Å². The first-order valence-electron chi connectivity index (χ1n) is 27.9. The van der Waals surface area contributed by atoms with Crippen molar-refractivity contribution in [3.8, 4) is 0 Å². The molecule has 2 aliphatic heterocycles. The van der Waals surface area contributed by atoms with Gasteiger partial charge in [0.2, 0.25) is 0 Å². The molecule has 2 fully saturated rings. The highest BCUT2D eigenvalue weighted by molar-refractivity contribution is 5.70. The first kappa shape index (κ1) is 64.1. The molecule has 0 aliphatic carbocycles. The van der Waals surface area contributed by atoms with Crippen molar-refractivity contribution in [1.29, 1.82) is 0 Å². The van der Waals surface area contributed by atoms with Crippen LogP contribution >= 0.6 is 0 Å². The number of allylic oxidation sites excluding steroid dienone is 4. The monoisotopic (exact) mass is 1000 g/mol. The molecule has 2 aliphatic rings. The van der Waals surface area contributed by atoms with E-state index in [4.69, 9.17) is 28.4 Å². The number of carbonyl (C=O) groups excluding carboxylic acids is 2. The minimum absolute atomic E-state index is 0.162. The Hall–Kier alpha value is -2.02. The van der Waals surface area contributed by atoms with Crippen molar-refractivity contribution < 1.29 is 73.8 Å². The van der Waals surface area contributed by atoms with E-state index in [-0.39, 0.29) is 26.1 Å². The molecular weight excluding hydrogens is 901 g/mol. The predicted molar refractivity (Wildman–Crippen MR) is 271 cm³/mol. The van der Waals surface area contributed by atoms with Gasteiger partial charge in [0.15, 0.2) is 18.7 Å². The van der Waals surface area contributed by atoms with Crippen molar-refractivity contribution in [1.82, 2.24) is 0 Å². The lowest BCUT2D eigenvalue weighted by Crippen LogP contribution is -2.61. The first-order valence-corrected chi connectivity index (χ1v) is 27.9. The second-order valence-corrected chi connectivity index (χ2v) is 19.8. The lowest BCUT2D eigenvalue weighted by molar-refractivity contribution is -0.332. The lowest BCUT2D eigenvalue weighted by atomic mass is 9.98. The standard InChI is InChI=1S/C55H100O15/c1-3-5-7-9-11-13-15-17-19-20-21-22-24-26-28-30-32-34-36-38-47(58)68-43(40-65-46(57)37-35-33-31-29-27-25-23-18-16-14-12-10-8-6-4-2)41-66-54-53(64)51(62)49(60)45(70-54)42-67-55-52(63)50(61)48(59)44(39-56)69-55/h17,19,25,27,43-45,48-56,59-64H,3-16,18,20-24,26,28-42H2,1-2H3/b19-17+,27-25+/t43-,44+,45+,48-,49-,50?,51?,52?,53?,54+,55+/m1/s1. The van der Waals surface area contributed by atoms with Gasteiger partial charge in [0.1, 0.15) is 55.4 Å². The van der Waals surface area contributed by atoms with Gasteiger partial charge in [-0.15, -0.1) is 0 Å². The topological polar surface area (TPSA) is 231 Å². The van der Waals surface area contributed by atoms with E-state index in [2.05, 4.69) is 38.2 Å². The van der Waals surface area contributed by atoms with Crippen LogP contribution in [0.3, 0.4) is 0 Å². The summed E-state index contributed by atoms with van der Waals surface area (Å²) in [6.07, 6.45) is 27.7. The average molecular weight is 1000 g/mol. The fraction of sp³-hybridized carbons (Fsp3) is 0.891. The van der Waals surface area contributed by atoms with E-state index < -0.39 is 92.7 Å². The maximum atomic E-state index is 13.0. The molecule has 15 nitrogen and oxygen atoms in total. The van der Waals surface area contributed by atoms with E-state index in [1.165, 1.54) is 128 Å². The smallest absolute Gasteiger partial charge is 0.306 e. The quantitative estimate of drug-likeness (QED) is 0.0172. The number of unbranched alkanes of at least 4 members (excludes halogenated alkanes) is 26. The van der Waals surface area contributed by atoms with Crippen LogP contribution in [0.25, 0.3) is 0 Å². The molecular formula is C55H100O15. The number of hydrogen-bond donors (Lipinski definition) is 7. The van der Waals surface area contributed by atoms with Gasteiger partial charge in [-0.1, -0.05) is 167 Å². The van der Waals surface area contributed by atoms with Gasteiger partial charge >= 0.3 is 11.9 Å². The minimum atomic E-state index is -1.77. The third-order valence-corrected chi connectivity index (χ3v) is 13.4. The summed E-state index contributed by atoms with van der Waals surface area (Å²) < 4.78 is 33.6. The van der Waals surface area contributed by atoms with Gasteiger partial charge in [-0.3, -0.25) is 9.59 Å². The molecule has 11 atom stereocenters. The van der Waals surface area contributed by atoms with E-state index in [1.54, 1.807) is 0 Å². The molecule has 2 heterocycles. The molecule has 0 aromatic heterocycles. The molecule has 0 radical (unpaired) electrons. The van der Waals surface area contributed by atoms with E-state index in [1.807, 2.05) is 0 Å². The summed E-state index contributed by atoms with van der Waals surface area (Å²) in [7, 11) is 0. The number of hydrogen-bond acceptors (Lipinski definition) is 15. The van der Waals surface area contributed by atoms with Gasteiger partial charge in [-0.05, 0) is 64.2 Å². The molecule has 7 N–H and O–H groups in total. The first-order chi connectivity index (χ1) is 34.0. The van der Waals surface area contributed by atoms with Crippen LogP contribution in [0.1, 0.15) is 219 Å². The van der Waals surface area contributed by atoms with Crippen molar-refractivity contribution in [2.75, 3.05) is 26.4 Å². The van der Waals surface area contributed by atoms with Crippen LogP contribution in [0, 0.1) is 0 Å². The molecule has 4 unspecified atom stereocenters. The van der Waals surface area contributed by atoms with Gasteiger partial charge in [0.25, 0.3) is 0 Å². The van der Waals surface area contributed by atoms with Gasteiger partial charge in [0, 0.05) is 12.8 Å². The van der Waals surface area contributed by atoms with Crippen LogP contribution in [0.15, 0.2) is 24.3 Å². The fourth-order valence-electron chi connectivity index (χ4n) is 8.80. The minimum Gasteiger partial charge on any atom is -0.462 e. The summed E-state index contributed by atoms with van der Waals surface area (Å²) in [5.41, 5.74) is 0. The molecule has 0 bridgehead atoms. The molecule has 2 saturated heterocycles. The summed E-state index contributed by atoms with van der Waals surface area (Å²) in [4.78, 5) is 25.8. The predicted octanol–water partition coefficient (Wildman–Crippen LogP) is 8.72. The third-order valence-electron chi connectivity index (χ3n) is 13.4. The van der Waals surface area contributed by atoms with Crippen LogP contribution in [-0.2, 0) is 38.0 Å². The number of aliphatic hydroxyl groups excluding tert-OH is 7. The Morgan fingerprint density at radius 2 is 0.814 bits per heavy atom. The van der Waals surface area contributed by atoms with Crippen molar-refractivity contribution >= 4 is 11.9 Å². The molecule has 0 spiro atoms. The highest BCUT2D eigenvalue weighted by atomic mass is 16.7. The Balaban J connectivity index is 1.78. The van der Waals surface area contributed by atoms with Crippen molar-refractivity contribution in [2.45, 2.75) is 287 Å². The van der Waals surface area contributed by atoms with Crippen LogP contribution in [0.5, 0.6) is 0 Å². The van der Waals surface area contributed by atoms with Crippen LogP contribution in [-0.4, -0.2) is 142 Å². The van der Waals surface area contributed by atoms with E-state index in [9.17, 15) is 45.3 Å². The normalized spacial score (nSPS) is 25.5. The van der Waals surface area contributed by atoms with Crippen molar-refractivity contribution in [3.63, 3.8) is 0 Å². The van der Waals surface area contributed by atoms with Gasteiger partial charge in [0.05, 0.1) is 19.8 Å². The second kappa shape index (κ2) is 42.3. The van der Waals surface area contributed by atoms with E-state index in [0.717, 1.165) is 51.4 Å². The number of ether oxygens (including phenoxy) is 6. The maximum Gasteiger partial charge on any atom is 0.306 e. The Morgan fingerprint density at radius 1 is 0.443 bits per heavy atom. The number of carbonyl (C=O) groups is 2. The molecule has 2 rings (SSSR count). The zero-order valence-electron chi connectivity index (χ0n) is 43.5. The van der Waals surface area contributed by atoms with E-state index >= 15 is 0 Å². The molecule has 15 heteroatoms. The van der Waals surface area contributed by atoms with Crippen LogP contribution in [0.4, 0.5) is 0 Å². The van der Waals surface area contributed by atoms with E-state index in [0.29, 0.717) is 12.8 Å². The number of esters is 2. The summed E-state index contributed by atoms with van der Waals surface area (Å²) in [6, 6.07) is 0. The molecule has 0 saturated carbocycles.